The van der Waals surface area contributed by atoms with Crippen molar-refractivity contribution in [2.75, 3.05) is 6.61 Å². The Morgan fingerprint density at radius 1 is 1.62 bits per heavy atom. The number of carbonyl (C=O) groups is 1. The fraction of sp³-hybridized carbons (Fsp3) is 0.750. The van der Waals surface area contributed by atoms with Gasteiger partial charge >= 0.3 is 11.7 Å². The smallest absolute Gasteiger partial charge is 0.419 e. The first-order valence-corrected chi connectivity index (χ1v) is 4.24. The molecule has 0 amide bonds. The van der Waals surface area contributed by atoms with Crippen LogP contribution in [0.4, 0.5) is 0 Å². The first kappa shape index (κ1) is 11.8. The molecule has 5 nitrogen and oxygen atoms in total. The van der Waals surface area contributed by atoms with Crippen molar-refractivity contribution in [3.05, 3.63) is 5.53 Å². The summed E-state index contributed by atoms with van der Waals surface area (Å²) in [6.45, 7) is 3.68. The van der Waals surface area contributed by atoms with E-state index in [0.717, 1.165) is 0 Å². The zero-order valence-electron chi connectivity index (χ0n) is 7.86. The highest BCUT2D eigenvalue weighted by Gasteiger charge is 2.29. The molecular formula is C8H14N2O3. The minimum Gasteiger partial charge on any atom is -0.457 e. The summed E-state index contributed by atoms with van der Waals surface area (Å²) < 4.78 is 4.57. The minimum atomic E-state index is -1.05. The van der Waals surface area contributed by atoms with Crippen molar-refractivity contribution in [2.45, 2.75) is 32.8 Å². The molecule has 0 aromatic carbocycles. The quantitative estimate of drug-likeness (QED) is 0.291. The van der Waals surface area contributed by atoms with Gasteiger partial charge in [0.1, 0.15) is 0 Å². The largest absolute Gasteiger partial charge is 0.457 e. The molecule has 0 bridgehead atoms. The van der Waals surface area contributed by atoms with Crippen LogP contribution in [0, 0.1) is 0 Å². The number of aliphatic hydroxyl groups excluding tert-OH is 1. The summed E-state index contributed by atoms with van der Waals surface area (Å²) in [4.78, 5) is 13.7. The second kappa shape index (κ2) is 6.34. The fourth-order valence-electron chi connectivity index (χ4n) is 0.859. The second-order valence-electron chi connectivity index (χ2n) is 2.51. The normalized spacial score (nSPS) is 11.6. The third-order valence-corrected chi connectivity index (χ3v) is 1.47. The van der Waals surface area contributed by atoms with E-state index < -0.39 is 12.1 Å². The lowest BCUT2D eigenvalue weighted by Crippen LogP contribution is -2.31. The molecule has 0 spiro atoms. The van der Waals surface area contributed by atoms with Crippen molar-refractivity contribution in [2.24, 2.45) is 0 Å². The lowest BCUT2D eigenvalue weighted by molar-refractivity contribution is -0.141. The number of hydrogen-bond donors (Lipinski definition) is 1. The number of rotatable bonds is 5. The van der Waals surface area contributed by atoms with Gasteiger partial charge in [-0.2, -0.15) is 4.79 Å². The van der Waals surface area contributed by atoms with Crippen LogP contribution in [0.5, 0.6) is 0 Å². The Morgan fingerprint density at radius 2 is 2.23 bits per heavy atom. The number of hydrogen-bond acceptors (Lipinski definition) is 3. The topological polar surface area (TPSA) is 82.9 Å². The summed E-state index contributed by atoms with van der Waals surface area (Å²) >= 11 is 0. The standard InChI is InChI=1S/C8H14N2O3/c1-3-5-6(11)7(10-9)8(12)13-4-2/h6,11H,3-5H2,1-2H3. The lowest BCUT2D eigenvalue weighted by Gasteiger charge is -2.02. The Hall–Kier alpha value is -1.19. The lowest BCUT2D eigenvalue weighted by atomic mass is 10.1. The van der Waals surface area contributed by atoms with E-state index >= 15 is 0 Å². The molecule has 0 aliphatic heterocycles. The van der Waals surface area contributed by atoms with Crippen LogP contribution in [-0.4, -0.2) is 34.3 Å². The summed E-state index contributed by atoms with van der Waals surface area (Å²) in [5.41, 5.74) is 8.12. The van der Waals surface area contributed by atoms with E-state index in [4.69, 9.17) is 5.53 Å². The van der Waals surface area contributed by atoms with Crippen molar-refractivity contribution < 1.29 is 19.4 Å². The zero-order valence-corrected chi connectivity index (χ0v) is 7.86. The Kier molecular flexibility index (Phi) is 5.76. The molecule has 0 aromatic rings. The molecule has 0 aromatic heterocycles. The summed E-state index contributed by atoms with van der Waals surface area (Å²) in [6.07, 6.45) is 0.0201. The van der Waals surface area contributed by atoms with Crippen LogP contribution in [0.15, 0.2) is 0 Å². The van der Waals surface area contributed by atoms with Crippen molar-refractivity contribution >= 4 is 11.7 Å². The van der Waals surface area contributed by atoms with Crippen molar-refractivity contribution in [1.29, 1.82) is 0 Å². The maximum atomic E-state index is 11.0. The maximum absolute atomic E-state index is 11.0. The molecule has 0 rings (SSSR count). The molecule has 0 saturated carbocycles. The van der Waals surface area contributed by atoms with Crippen LogP contribution in [-0.2, 0) is 9.53 Å². The molecule has 0 aliphatic carbocycles. The van der Waals surface area contributed by atoms with Gasteiger partial charge in [0.05, 0.1) is 6.61 Å². The first-order valence-electron chi connectivity index (χ1n) is 4.24. The van der Waals surface area contributed by atoms with Crippen LogP contribution in [0.1, 0.15) is 26.7 Å². The summed E-state index contributed by atoms with van der Waals surface area (Å²) in [5.74, 6) is -0.772. The first-order chi connectivity index (χ1) is 6.17. The van der Waals surface area contributed by atoms with Gasteiger partial charge in [0, 0.05) is 0 Å². The van der Waals surface area contributed by atoms with E-state index in [0.29, 0.717) is 12.8 Å². The van der Waals surface area contributed by atoms with E-state index in [9.17, 15) is 9.90 Å². The summed E-state index contributed by atoms with van der Waals surface area (Å²) in [7, 11) is 0. The average Bonchev–Trinajstić information content (AvgIpc) is 2.06. The molecule has 5 heteroatoms. The van der Waals surface area contributed by atoms with Gasteiger partial charge in [-0.3, -0.25) is 0 Å². The van der Waals surface area contributed by atoms with Crippen LogP contribution in [0.2, 0.25) is 0 Å². The summed E-state index contributed by atoms with van der Waals surface area (Å²) in [5, 5.41) is 9.31. The highest BCUT2D eigenvalue weighted by Crippen LogP contribution is 1.98. The molecule has 0 aliphatic rings. The van der Waals surface area contributed by atoms with Gasteiger partial charge in [0.25, 0.3) is 0 Å². The molecule has 0 radical (unpaired) electrons. The molecule has 0 saturated heterocycles. The van der Waals surface area contributed by atoms with Gasteiger partial charge in [-0.1, -0.05) is 13.3 Å². The molecule has 1 atom stereocenters. The maximum Gasteiger partial charge on any atom is 0.419 e. The van der Waals surface area contributed by atoms with Gasteiger partial charge in [-0.25, -0.2) is 4.79 Å². The predicted molar refractivity (Wildman–Crippen MR) is 46.2 cm³/mol. The predicted octanol–water partition coefficient (Wildman–Crippen LogP) is 0.381. The van der Waals surface area contributed by atoms with Crippen LogP contribution < -0.4 is 0 Å². The SMILES string of the molecule is CCCC(O)C(=[N+]=[N-])C(=O)OCC. The number of ether oxygens (including phenoxy) is 1. The Bertz CT molecular complexity index is 221. The third-order valence-electron chi connectivity index (χ3n) is 1.47. The van der Waals surface area contributed by atoms with Crippen molar-refractivity contribution in [3.8, 4) is 0 Å². The Balaban J connectivity index is 4.34. The molecule has 0 heterocycles. The van der Waals surface area contributed by atoms with E-state index in [1.54, 1.807) is 6.92 Å². The molecular weight excluding hydrogens is 172 g/mol. The fourth-order valence-corrected chi connectivity index (χ4v) is 0.859. The molecule has 0 fully saturated rings. The van der Waals surface area contributed by atoms with Crippen LogP contribution in [0.3, 0.4) is 0 Å². The monoisotopic (exact) mass is 186 g/mol. The minimum absolute atomic E-state index is 0.191. The van der Waals surface area contributed by atoms with Gasteiger partial charge in [-0.15, -0.1) is 0 Å². The third kappa shape index (κ3) is 3.83. The highest BCUT2D eigenvalue weighted by molar-refractivity contribution is 6.35. The molecule has 1 unspecified atom stereocenters. The molecule has 13 heavy (non-hydrogen) atoms. The van der Waals surface area contributed by atoms with E-state index in [1.165, 1.54) is 0 Å². The number of esters is 1. The van der Waals surface area contributed by atoms with Gasteiger partial charge in [-0.05, 0) is 13.3 Å². The second-order valence-corrected chi connectivity index (χ2v) is 2.51. The van der Waals surface area contributed by atoms with Crippen molar-refractivity contribution in [3.63, 3.8) is 0 Å². The highest BCUT2D eigenvalue weighted by atomic mass is 16.5. The van der Waals surface area contributed by atoms with Gasteiger partial charge in [0.2, 0.25) is 0 Å². The number of nitrogens with zero attached hydrogens (tertiary/aromatic N) is 2. The molecule has 1 N–H and O–H groups in total. The number of aliphatic hydroxyl groups is 1. The Labute approximate surface area is 76.9 Å². The Morgan fingerprint density at radius 3 is 2.62 bits per heavy atom. The van der Waals surface area contributed by atoms with E-state index in [2.05, 4.69) is 9.53 Å². The van der Waals surface area contributed by atoms with Gasteiger partial charge in [0.15, 0.2) is 6.10 Å². The number of carbonyl (C=O) groups excluding carboxylic acids is 1. The van der Waals surface area contributed by atoms with Crippen molar-refractivity contribution in [1.82, 2.24) is 0 Å². The van der Waals surface area contributed by atoms with Crippen LogP contribution in [0.25, 0.3) is 5.53 Å². The van der Waals surface area contributed by atoms with Crippen LogP contribution >= 0.6 is 0 Å². The zero-order chi connectivity index (χ0) is 10.3. The van der Waals surface area contributed by atoms with E-state index in [-0.39, 0.29) is 12.3 Å². The van der Waals surface area contributed by atoms with E-state index in [1.807, 2.05) is 6.92 Å². The average molecular weight is 186 g/mol. The summed E-state index contributed by atoms with van der Waals surface area (Å²) in [6, 6.07) is 0. The molecule has 74 valence electrons. The van der Waals surface area contributed by atoms with Gasteiger partial charge < -0.3 is 15.4 Å².